The van der Waals surface area contributed by atoms with Crippen LogP contribution >= 0.6 is 0 Å². The number of rotatable bonds is 36. The molecule has 1 aromatic heterocycles. The Balaban J connectivity index is 2.19. The number of nitrogens with zero attached hydrogens (tertiary/aromatic N) is 1. The minimum absolute atomic E-state index is 0.0901. The summed E-state index contributed by atoms with van der Waals surface area (Å²) in [5, 5.41) is 13.4. The van der Waals surface area contributed by atoms with E-state index in [9.17, 15) is 14.7 Å². The largest absolute Gasteiger partial charge is 0.462 e. The number of carbonyl (C=O) groups excluding carboxylic acids is 2. The van der Waals surface area contributed by atoms with Crippen LogP contribution in [-0.2, 0) is 20.7 Å². The second-order valence-electron chi connectivity index (χ2n) is 14.6. The Bertz CT molecular complexity index is 923. The number of hydrogen-bond donors (Lipinski definition) is 4. The average molecular weight is 703 g/mol. The van der Waals surface area contributed by atoms with Crippen molar-refractivity contribution in [1.29, 1.82) is 0 Å². The maximum Gasteiger partial charge on any atom is 0.329 e. The summed E-state index contributed by atoms with van der Waals surface area (Å²) in [6, 6.07) is -1.51. The van der Waals surface area contributed by atoms with Gasteiger partial charge < -0.3 is 25.9 Å². The highest BCUT2D eigenvalue weighted by molar-refractivity contribution is 5.84. The zero-order valence-electron chi connectivity index (χ0n) is 32.5. The van der Waals surface area contributed by atoms with E-state index in [0.29, 0.717) is 18.5 Å². The fourth-order valence-corrected chi connectivity index (χ4v) is 6.40. The van der Waals surface area contributed by atoms with Crippen molar-refractivity contribution < 1.29 is 19.4 Å². The zero-order chi connectivity index (χ0) is 36.3. The minimum atomic E-state index is -0.847. The monoisotopic (exact) mass is 703 g/mol. The van der Waals surface area contributed by atoms with Crippen molar-refractivity contribution in [2.75, 3.05) is 6.61 Å². The van der Waals surface area contributed by atoms with Gasteiger partial charge in [-0.2, -0.15) is 0 Å². The molecule has 0 aliphatic rings. The number of amides is 1. The van der Waals surface area contributed by atoms with Gasteiger partial charge in [0, 0.05) is 19.0 Å². The van der Waals surface area contributed by atoms with Crippen molar-refractivity contribution in [3.63, 3.8) is 0 Å². The first-order chi connectivity index (χ1) is 24.5. The Kier molecular flexibility index (Phi) is 31.1. The summed E-state index contributed by atoms with van der Waals surface area (Å²) in [6.45, 7) is 4.43. The van der Waals surface area contributed by atoms with Crippen LogP contribution in [0.1, 0.15) is 199 Å². The van der Waals surface area contributed by atoms with Crippen molar-refractivity contribution in [2.24, 2.45) is 5.73 Å². The molecule has 8 nitrogen and oxygen atoms in total. The molecule has 0 radical (unpaired) electrons. The van der Waals surface area contributed by atoms with Crippen LogP contribution in [0.5, 0.6) is 0 Å². The molecule has 3 unspecified atom stereocenters. The Morgan fingerprint density at radius 2 is 1.24 bits per heavy atom. The van der Waals surface area contributed by atoms with Crippen LogP contribution in [0.15, 0.2) is 24.7 Å². The van der Waals surface area contributed by atoms with Crippen LogP contribution < -0.4 is 11.1 Å². The smallest absolute Gasteiger partial charge is 0.329 e. The average Bonchev–Trinajstić information content (AvgIpc) is 3.63. The van der Waals surface area contributed by atoms with Crippen LogP contribution in [0.3, 0.4) is 0 Å². The highest BCUT2D eigenvalue weighted by Crippen LogP contribution is 2.15. The van der Waals surface area contributed by atoms with E-state index < -0.39 is 24.2 Å². The van der Waals surface area contributed by atoms with Crippen molar-refractivity contribution in [3.05, 3.63) is 30.4 Å². The first-order valence-corrected chi connectivity index (χ1v) is 21.0. The Morgan fingerprint density at radius 1 is 0.760 bits per heavy atom. The van der Waals surface area contributed by atoms with E-state index in [1.807, 2.05) is 0 Å². The van der Waals surface area contributed by atoms with Crippen molar-refractivity contribution >= 4 is 11.9 Å². The van der Waals surface area contributed by atoms with Gasteiger partial charge in [-0.15, -0.1) is 0 Å². The van der Waals surface area contributed by atoms with Gasteiger partial charge in [0.15, 0.2) is 0 Å². The number of allylic oxidation sites excluding steroid dienone is 2. The number of esters is 1. The van der Waals surface area contributed by atoms with E-state index in [2.05, 4.69) is 41.3 Å². The lowest BCUT2D eigenvalue weighted by Crippen LogP contribution is -2.46. The molecule has 0 saturated heterocycles. The summed E-state index contributed by atoms with van der Waals surface area (Å²) in [4.78, 5) is 32.9. The molecular weight excluding hydrogens is 624 g/mol. The second kappa shape index (κ2) is 33.9. The van der Waals surface area contributed by atoms with Gasteiger partial charge >= 0.3 is 5.97 Å². The topological polar surface area (TPSA) is 130 Å². The molecule has 0 aromatic carbocycles. The summed E-state index contributed by atoms with van der Waals surface area (Å²) in [5.41, 5.74) is 6.84. The van der Waals surface area contributed by atoms with Gasteiger partial charge in [0.1, 0.15) is 12.6 Å². The molecule has 5 N–H and O–H groups in total. The number of aliphatic hydroxyl groups is 1. The number of aromatic amines is 1. The third-order valence-corrected chi connectivity index (χ3v) is 9.77. The third kappa shape index (κ3) is 27.5. The van der Waals surface area contributed by atoms with Gasteiger partial charge in [-0.3, -0.25) is 4.79 Å². The standard InChI is InChI=1S/C42H78N4O4/c1-3-5-7-9-11-13-15-17-18-20-22-24-26-28-30-32-41(48)46-39(33-37-34-44-36-45-37)42(49)50-35-38(43)40(47)31-29-27-25-23-21-19-16-14-12-10-8-6-4-2/h19,21,34,36,38-40,47H,3-18,20,22-33,35,43H2,1-2H3,(H,44,45)(H,46,48)/b21-19+. The van der Waals surface area contributed by atoms with E-state index >= 15 is 0 Å². The first-order valence-electron chi connectivity index (χ1n) is 21.0. The highest BCUT2D eigenvalue weighted by atomic mass is 16.5. The van der Waals surface area contributed by atoms with Gasteiger partial charge in [0.25, 0.3) is 0 Å². The molecule has 1 aromatic rings. The van der Waals surface area contributed by atoms with Crippen molar-refractivity contribution in [2.45, 2.75) is 218 Å². The number of aromatic nitrogens is 2. The van der Waals surface area contributed by atoms with E-state index in [-0.39, 0.29) is 18.9 Å². The molecule has 0 aliphatic heterocycles. The van der Waals surface area contributed by atoms with Gasteiger partial charge in [0.05, 0.1) is 24.2 Å². The summed E-state index contributed by atoms with van der Waals surface area (Å²) in [7, 11) is 0. The summed E-state index contributed by atoms with van der Waals surface area (Å²) in [5.74, 6) is -0.702. The molecule has 50 heavy (non-hydrogen) atoms. The molecule has 1 heterocycles. The van der Waals surface area contributed by atoms with Crippen LogP contribution in [0.2, 0.25) is 0 Å². The van der Waals surface area contributed by atoms with E-state index in [0.717, 1.165) is 44.9 Å². The minimum Gasteiger partial charge on any atom is -0.462 e. The summed E-state index contributed by atoms with van der Waals surface area (Å²) < 4.78 is 5.50. The number of aliphatic hydroxyl groups excluding tert-OH is 1. The fraction of sp³-hybridized carbons (Fsp3) is 0.833. The van der Waals surface area contributed by atoms with Gasteiger partial charge in [-0.1, -0.05) is 161 Å². The third-order valence-electron chi connectivity index (χ3n) is 9.77. The molecule has 0 saturated carbocycles. The summed E-state index contributed by atoms with van der Waals surface area (Å²) in [6.07, 6.45) is 40.7. The molecule has 0 spiro atoms. The predicted octanol–water partition coefficient (Wildman–Crippen LogP) is 10.2. The van der Waals surface area contributed by atoms with Crippen LogP contribution in [0.25, 0.3) is 0 Å². The molecule has 0 fully saturated rings. The van der Waals surface area contributed by atoms with Crippen LogP contribution in [0, 0.1) is 0 Å². The number of unbranched alkanes of at least 4 members (excludes halogenated alkanes) is 23. The molecular formula is C42H78N4O4. The number of nitrogens with two attached hydrogens (primary N) is 1. The maximum atomic E-state index is 13.0. The lowest BCUT2D eigenvalue weighted by atomic mass is 10.0. The van der Waals surface area contributed by atoms with Gasteiger partial charge in [0.2, 0.25) is 5.91 Å². The molecule has 1 rings (SSSR count). The summed E-state index contributed by atoms with van der Waals surface area (Å²) >= 11 is 0. The number of H-pyrrole nitrogens is 1. The number of hydrogen-bond acceptors (Lipinski definition) is 6. The number of imidazole rings is 1. The predicted molar refractivity (Wildman–Crippen MR) is 209 cm³/mol. The Labute approximate surface area is 307 Å². The first kappa shape index (κ1) is 45.8. The molecule has 0 aliphatic carbocycles. The lowest BCUT2D eigenvalue weighted by molar-refractivity contribution is -0.149. The molecule has 8 heteroatoms. The van der Waals surface area contributed by atoms with Gasteiger partial charge in [-0.05, 0) is 38.5 Å². The Morgan fingerprint density at radius 3 is 1.74 bits per heavy atom. The SMILES string of the molecule is CCCCCCCC/C=C/CCCCCC(O)C(N)COC(=O)C(Cc1c[nH]cn1)NC(=O)CCCCCCCCCCCCCCCCC. The van der Waals surface area contributed by atoms with E-state index in [1.54, 1.807) is 12.5 Å². The molecule has 0 bridgehead atoms. The van der Waals surface area contributed by atoms with E-state index in [4.69, 9.17) is 10.5 Å². The lowest BCUT2D eigenvalue weighted by Gasteiger charge is -2.21. The second-order valence-corrected chi connectivity index (χ2v) is 14.6. The molecule has 1 amide bonds. The maximum absolute atomic E-state index is 13.0. The quantitative estimate of drug-likeness (QED) is 0.0313. The normalized spacial score (nSPS) is 13.4. The highest BCUT2D eigenvalue weighted by Gasteiger charge is 2.25. The number of nitrogens with one attached hydrogen (secondary N) is 2. The molecule has 290 valence electrons. The van der Waals surface area contributed by atoms with Crippen LogP contribution in [-0.4, -0.2) is 51.7 Å². The van der Waals surface area contributed by atoms with Crippen LogP contribution in [0.4, 0.5) is 0 Å². The van der Waals surface area contributed by atoms with Crippen molar-refractivity contribution in [1.82, 2.24) is 15.3 Å². The zero-order valence-corrected chi connectivity index (χ0v) is 32.5. The van der Waals surface area contributed by atoms with Crippen molar-refractivity contribution in [3.8, 4) is 0 Å². The van der Waals surface area contributed by atoms with Gasteiger partial charge in [-0.25, -0.2) is 9.78 Å². The fourth-order valence-electron chi connectivity index (χ4n) is 6.40. The number of ether oxygens (including phenoxy) is 1. The van der Waals surface area contributed by atoms with E-state index in [1.165, 1.54) is 122 Å². The number of carbonyl (C=O) groups is 2. The Hall–Kier alpha value is -2.19. The molecule has 3 atom stereocenters.